The second-order valence-corrected chi connectivity index (χ2v) is 5.62. The number of anilines is 1. The minimum atomic E-state index is 0.152. The van der Waals surface area contributed by atoms with E-state index in [9.17, 15) is 0 Å². The van der Waals surface area contributed by atoms with Crippen LogP contribution in [0.2, 0.25) is 0 Å². The SMILES string of the molecule is CCC(CC)C(Cl)CNc1nccc(C)c1Br. The molecule has 1 heterocycles. The van der Waals surface area contributed by atoms with Gasteiger partial charge in [-0.3, -0.25) is 0 Å². The number of nitrogens with zero attached hydrogens (tertiary/aromatic N) is 1. The van der Waals surface area contributed by atoms with E-state index in [-0.39, 0.29) is 5.38 Å². The van der Waals surface area contributed by atoms with E-state index in [1.807, 2.05) is 12.3 Å². The van der Waals surface area contributed by atoms with Crippen molar-refractivity contribution in [2.24, 2.45) is 5.92 Å². The third-order valence-corrected chi connectivity index (χ3v) is 4.62. The normalized spacial score (nSPS) is 12.8. The quantitative estimate of drug-likeness (QED) is 0.775. The Balaban J connectivity index is 2.58. The number of nitrogens with one attached hydrogen (secondary N) is 1. The molecule has 0 amide bonds. The molecule has 2 nitrogen and oxygen atoms in total. The van der Waals surface area contributed by atoms with Gasteiger partial charge >= 0.3 is 0 Å². The van der Waals surface area contributed by atoms with Crippen LogP contribution in [0.15, 0.2) is 16.7 Å². The van der Waals surface area contributed by atoms with Crippen molar-refractivity contribution in [1.29, 1.82) is 0 Å². The standard InChI is InChI=1S/C13H20BrClN2/c1-4-10(5-2)11(15)8-17-13-12(14)9(3)6-7-16-13/h6-7,10-11H,4-5,8H2,1-3H3,(H,16,17). The number of aromatic nitrogens is 1. The van der Waals surface area contributed by atoms with E-state index in [0.717, 1.165) is 29.7 Å². The van der Waals surface area contributed by atoms with Crippen LogP contribution in [-0.4, -0.2) is 16.9 Å². The molecule has 17 heavy (non-hydrogen) atoms. The summed E-state index contributed by atoms with van der Waals surface area (Å²) in [6.07, 6.45) is 4.05. The summed E-state index contributed by atoms with van der Waals surface area (Å²) in [7, 11) is 0. The van der Waals surface area contributed by atoms with E-state index in [4.69, 9.17) is 11.6 Å². The van der Waals surface area contributed by atoms with E-state index in [1.165, 1.54) is 5.56 Å². The summed E-state index contributed by atoms with van der Waals surface area (Å²) >= 11 is 9.92. The fraction of sp³-hybridized carbons (Fsp3) is 0.615. The Hall–Kier alpha value is -0.280. The average molecular weight is 320 g/mol. The highest BCUT2D eigenvalue weighted by atomic mass is 79.9. The maximum Gasteiger partial charge on any atom is 0.140 e. The number of rotatable bonds is 6. The zero-order chi connectivity index (χ0) is 12.8. The van der Waals surface area contributed by atoms with Crippen LogP contribution in [0.3, 0.4) is 0 Å². The highest BCUT2D eigenvalue weighted by molar-refractivity contribution is 9.10. The van der Waals surface area contributed by atoms with Crippen LogP contribution >= 0.6 is 27.5 Å². The van der Waals surface area contributed by atoms with E-state index < -0.39 is 0 Å². The number of halogens is 2. The van der Waals surface area contributed by atoms with E-state index in [2.05, 4.69) is 47.0 Å². The highest BCUT2D eigenvalue weighted by Crippen LogP contribution is 2.24. The molecule has 0 aliphatic rings. The molecule has 1 N–H and O–H groups in total. The summed E-state index contributed by atoms with van der Waals surface area (Å²) in [4.78, 5) is 4.31. The van der Waals surface area contributed by atoms with Gasteiger partial charge in [0.25, 0.3) is 0 Å². The Bertz CT molecular complexity index is 353. The Morgan fingerprint density at radius 3 is 2.65 bits per heavy atom. The summed E-state index contributed by atoms with van der Waals surface area (Å²) in [6.45, 7) is 7.17. The second kappa shape index (κ2) is 7.22. The lowest BCUT2D eigenvalue weighted by atomic mass is 9.99. The Kier molecular flexibility index (Phi) is 6.28. The molecule has 1 aromatic rings. The lowest BCUT2D eigenvalue weighted by Gasteiger charge is -2.20. The van der Waals surface area contributed by atoms with Gasteiger partial charge in [-0.2, -0.15) is 0 Å². The van der Waals surface area contributed by atoms with Gasteiger partial charge in [-0.15, -0.1) is 11.6 Å². The molecule has 0 spiro atoms. The predicted molar refractivity (Wildman–Crippen MR) is 78.9 cm³/mol. The van der Waals surface area contributed by atoms with E-state index in [1.54, 1.807) is 0 Å². The Morgan fingerprint density at radius 1 is 1.41 bits per heavy atom. The first-order valence-electron chi connectivity index (χ1n) is 6.09. The van der Waals surface area contributed by atoms with Gasteiger partial charge in [0.15, 0.2) is 0 Å². The first-order chi connectivity index (χ1) is 8.10. The number of hydrogen-bond donors (Lipinski definition) is 1. The molecule has 96 valence electrons. The third kappa shape index (κ3) is 4.14. The van der Waals surface area contributed by atoms with Gasteiger partial charge in [-0.25, -0.2) is 4.98 Å². The molecule has 0 fully saturated rings. The molecule has 1 aromatic heterocycles. The van der Waals surface area contributed by atoms with Gasteiger partial charge in [0.2, 0.25) is 0 Å². The predicted octanol–water partition coefficient (Wildman–Crippen LogP) is 4.61. The fourth-order valence-corrected chi connectivity index (χ4v) is 2.63. The van der Waals surface area contributed by atoms with Crippen LogP contribution < -0.4 is 5.32 Å². The van der Waals surface area contributed by atoms with Crippen LogP contribution in [0.5, 0.6) is 0 Å². The highest BCUT2D eigenvalue weighted by Gasteiger charge is 2.16. The minimum absolute atomic E-state index is 0.152. The molecular weight excluding hydrogens is 300 g/mol. The molecule has 0 radical (unpaired) electrons. The molecule has 0 bridgehead atoms. The van der Waals surface area contributed by atoms with Crippen molar-refractivity contribution >= 4 is 33.3 Å². The molecule has 0 saturated heterocycles. The number of pyridine rings is 1. The molecule has 1 atom stereocenters. The van der Waals surface area contributed by atoms with Crippen molar-refractivity contribution in [3.8, 4) is 0 Å². The minimum Gasteiger partial charge on any atom is -0.368 e. The van der Waals surface area contributed by atoms with Crippen molar-refractivity contribution in [3.05, 3.63) is 22.3 Å². The first-order valence-corrected chi connectivity index (χ1v) is 7.32. The fourth-order valence-electron chi connectivity index (χ4n) is 1.82. The maximum absolute atomic E-state index is 6.38. The molecule has 4 heteroatoms. The summed E-state index contributed by atoms with van der Waals surface area (Å²) in [5, 5.41) is 3.46. The van der Waals surface area contributed by atoms with E-state index in [0.29, 0.717) is 5.92 Å². The molecule has 1 rings (SSSR count). The Labute approximate surface area is 117 Å². The molecular formula is C13H20BrClN2. The Morgan fingerprint density at radius 2 is 2.06 bits per heavy atom. The largest absolute Gasteiger partial charge is 0.368 e. The lowest BCUT2D eigenvalue weighted by molar-refractivity contribution is 0.475. The van der Waals surface area contributed by atoms with Crippen LogP contribution in [0.4, 0.5) is 5.82 Å². The van der Waals surface area contributed by atoms with Crippen molar-refractivity contribution in [2.75, 3.05) is 11.9 Å². The molecule has 0 aliphatic heterocycles. The third-order valence-electron chi connectivity index (χ3n) is 3.11. The van der Waals surface area contributed by atoms with Gasteiger partial charge in [-0.1, -0.05) is 26.7 Å². The van der Waals surface area contributed by atoms with Crippen LogP contribution in [0.1, 0.15) is 32.3 Å². The van der Waals surface area contributed by atoms with Gasteiger partial charge in [0.1, 0.15) is 5.82 Å². The summed E-state index contributed by atoms with van der Waals surface area (Å²) in [6, 6.07) is 1.98. The van der Waals surface area contributed by atoms with Gasteiger partial charge in [0.05, 0.1) is 9.85 Å². The number of aryl methyl sites for hydroxylation is 1. The maximum atomic E-state index is 6.38. The van der Waals surface area contributed by atoms with Crippen molar-refractivity contribution < 1.29 is 0 Å². The van der Waals surface area contributed by atoms with Crippen molar-refractivity contribution in [3.63, 3.8) is 0 Å². The van der Waals surface area contributed by atoms with Gasteiger partial charge in [-0.05, 0) is 40.4 Å². The first kappa shape index (κ1) is 14.8. The molecule has 0 aromatic carbocycles. The topological polar surface area (TPSA) is 24.9 Å². The summed E-state index contributed by atoms with van der Waals surface area (Å²) in [5.41, 5.74) is 1.18. The zero-order valence-electron chi connectivity index (χ0n) is 10.6. The number of hydrogen-bond acceptors (Lipinski definition) is 2. The monoisotopic (exact) mass is 318 g/mol. The van der Waals surface area contributed by atoms with Crippen molar-refractivity contribution in [2.45, 2.75) is 39.0 Å². The molecule has 1 unspecified atom stereocenters. The van der Waals surface area contributed by atoms with Crippen LogP contribution in [0, 0.1) is 12.8 Å². The summed E-state index contributed by atoms with van der Waals surface area (Å²) < 4.78 is 1.02. The zero-order valence-corrected chi connectivity index (χ0v) is 13.0. The van der Waals surface area contributed by atoms with Crippen LogP contribution in [-0.2, 0) is 0 Å². The number of alkyl halides is 1. The average Bonchev–Trinajstić information content (AvgIpc) is 2.32. The van der Waals surface area contributed by atoms with Crippen LogP contribution in [0.25, 0.3) is 0 Å². The van der Waals surface area contributed by atoms with Crippen molar-refractivity contribution in [1.82, 2.24) is 4.98 Å². The van der Waals surface area contributed by atoms with Gasteiger partial charge < -0.3 is 5.32 Å². The molecule has 0 saturated carbocycles. The molecule has 0 aliphatic carbocycles. The smallest absolute Gasteiger partial charge is 0.140 e. The van der Waals surface area contributed by atoms with Gasteiger partial charge in [0, 0.05) is 12.7 Å². The second-order valence-electron chi connectivity index (χ2n) is 4.26. The van der Waals surface area contributed by atoms with E-state index >= 15 is 0 Å². The lowest BCUT2D eigenvalue weighted by Crippen LogP contribution is -2.23. The summed E-state index contributed by atoms with van der Waals surface area (Å²) in [5.74, 6) is 1.44.